The summed E-state index contributed by atoms with van der Waals surface area (Å²) in [5.74, 6) is 0. The molecule has 3 heteroatoms. The average Bonchev–Trinajstić information content (AvgIpc) is 2.18. The molecule has 66 valence electrons. The first-order valence-corrected chi connectivity index (χ1v) is 5.82. The van der Waals surface area contributed by atoms with E-state index < -0.39 is 0 Å². The minimum atomic E-state index is 0.726. The van der Waals surface area contributed by atoms with Gasteiger partial charge < -0.3 is 0 Å². The molecule has 1 aromatic carbocycles. The molecule has 0 aliphatic rings. The van der Waals surface area contributed by atoms with Crippen molar-refractivity contribution in [2.75, 3.05) is 0 Å². The third-order valence-corrected chi connectivity index (χ3v) is 2.95. The second-order valence-corrected chi connectivity index (χ2v) is 3.92. The summed E-state index contributed by atoms with van der Waals surface area (Å²) in [5, 5.41) is 1.82. The minimum absolute atomic E-state index is 0.726. The van der Waals surface area contributed by atoms with Crippen LogP contribution in [0.25, 0.3) is 10.9 Å². The van der Waals surface area contributed by atoms with Gasteiger partial charge in [-0.25, -0.2) is 0 Å². The normalized spacial score (nSPS) is 10.6. The highest BCUT2D eigenvalue weighted by Gasteiger charge is 2.00. The smallest absolute Gasteiger partial charge is 0.0891 e. The second kappa shape index (κ2) is 3.80. The molecule has 0 saturated heterocycles. The number of para-hydroxylation sites is 1. The highest BCUT2D eigenvalue weighted by atomic mass is 127. The molecule has 0 radical (unpaired) electrons. The van der Waals surface area contributed by atoms with Gasteiger partial charge in [0.05, 0.1) is 16.2 Å². The molecule has 0 spiro atoms. The van der Waals surface area contributed by atoms with Crippen LogP contribution in [0.3, 0.4) is 0 Å². The summed E-state index contributed by atoms with van der Waals surface area (Å²) in [7, 11) is 0. The van der Waals surface area contributed by atoms with Gasteiger partial charge in [0.15, 0.2) is 0 Å². The van der Waals surface area contributed by atoms with Crippen LogP contribution < -0.4 is 0 Å². The number of aromatic nitrogens is 1. The maximum absolute atomic E-state index is 6.02. The Hall–Kier alpha value is -0.350. The van der Waals surface area contributed by atoms with Crippen molar-refractivity contribution in [2.45, 2.75) is 4.43 Å². The van der Waals surface area contributed by atoms with Gasteiger partial charge in [-0.05, 0) is 12.1 Å². The zero-order valence-electron chi connectivity index (χ0n) is 6.80. The van der Waals surface area contributed by atoms with Crippen LogP contribution >= 0.6 is 34.2 Å². The second-order valence-electron chi connectivity index (χ2n) is 2.75. The van der Waals surface area contributed by atoms with Crippen LogP contribution in [0.4, 0.5) is 0 Å². The number of alkyl halides is 1. The predicted octanol–water partition coefficient (Wildman–Crippen LogP) is 3.82. The number of benzene rings is 1. The van der Waals surface area contributed by atoms with Crippen molar-refractivity contribution in [1.82, 2.24) is 4.98 Å². The van der Waals surface area contributed by atoms with Gasteiger partial charge in [-0.1, -0.05) is 52.4 Å². The lowest BCUT2D eigenvalue weighted by Gasteiger charge is -2.00. The fourth-order valence-corrected chi connectivity index (χ4v) is 1.87. The first-order valence-electron chi connectivity index (χ1n) is 3.91. The molecule has 2 aromatic rings. The van der Waals surface area contributed by atoms with Crippen molar-refractivity contribution >= 4 is 45.1 Å². The molecule has 0 fully saturated rings. The minimum Gasteiger partial charge on any atom is -0.250 e. The van der Waals surface area contributed by atoms with Crippen molar-refractivity contribution in [3.05, 3.63) is 41.0 Å². The highest BCUT2D eigenvalue weighted by Crippen LogP contribution is 2.21. The SMILES string of the molecule is Clc1cccc2ccc(CI)nc12. The number of halogens is 2. The molecule has 2 rings (SSSR count). The molecular weight excluding hydrogens is 296 g/mol. The Morgan fingerprint density at radius 2 is 2.08 bits per heavy atom. The fourth-order valence-electron chi connectivity index (χ4n) is 1.23. The van der Waals surface area contributed by atoms with Crippen molar-refractivity contribution in [2.24, 2.45) is 0 Å². The zero-order valence-corrected chi connectivity index (χ0v) is 9.71. The largest absolute Gasteiger partial charge is 0.250 e. The topological polar surface area (TPSA) is 12.9 Å². The van der Waals surface area contributed by atoms with Crippen molar-refractivity contribution in [3.63, 3.8) is 0 Å². The van der Waals surface area contributed by atoms with Gasteiger partial charge in [-0.2, -0.15) is 0 Å². The van der Waals surface area contributed by atoms with E-state index in [1.54, 1.807) is 0 Å². The van der Waals surface area contributed by atoms with Gasteiger partial charge in [-0.15, -0.1) is 0 Å². The van der Waals surface area contributed by atoms with E-state index in [0.717, 1.165) is 26.0 Å². The molecule has 13 heavy (non-hydrogen) atoms. The number of nitrogens with zero attached hydrogens (tertiary/aromatic N) is 1. The Morgan fingerprint density at radius 3 is 2.85 bits per heavy atom. The fraction of sp³-hybridized carbons (Fsp3) is 0.100. The number of fused-ring (bicyclic) bond motifs is 1. The summed E-state index contributed by atoms with van der Waals surface area (Å²) in [6.07, 6.45) is 0. The molecule has 0 aliphatic heterocycles. The molecule has 1 aromatic heterocycles. The lowest BCUT2D eigenvalue weighted by molar-refractivity contribution is 1.25. The molecule has 0 unspecified atom stereocenters. The number of rotatable bonds is 1. The standard InChI is InChI=1S/C10H7ClIN/c11-9-3-1-2-7-4-5-8(6-12)13-10(7)9/h1-5H,6H2. The van der Waals surface area contributed by atoms with E-state index in [1.165, 1.54) is 0 Å². The first kappa shape index (κ1) is 9.21. The summed E-state index contributed by atoms with van der Waals surface area (Å²) in [5.41, 5.74) is 1.97. The molecular formula is C10H7ClIN. The molecule has 1 nitrogen and oxygen atoms in total. The molecule has 0 atom stereocenters. The Labute approximate surface area is 95.3 Å². The van der Waals surface area contributed by atoms with Crippen molar-refractivity contribution in [1.29, 1.82) is 0 Å². The van der Waals surface area contributed by atoms with E-state index in [2.05, 4.69) is 33.6 Å². The first-order chi connectivity index (χ1) is 6.31. The van der Waals surface area contributed by atoms with Crippen LogP contribution in [0.1, 0.15) is 5.69 Å². The van der Waals surface area contributed by atoms with Crippen molar-refractivity contribution < 1.29 is 0 Å². The van der Waals surface area contributed by atoms with Gasteiger partial charge in [-0.3, -0.25) is 4.98 Å². The monoisotopic (exact) mass is 303 g/mol. The maximum atomic E-state index is 6.02. The summed E-state index contributed by atoms with van der Waals surface area (Å²) in [6.45, 7) is 0. The third kappa shape index (κ3) is 1.79. The van der Waals surface area contributed by atoms with E-state index in [0.29, 0.717) is 0 Å². The van der Waals surface area contributed by atoms with Crippen LogP contribution in [0, 0.1) is 0 Å². The predicted molar refractivity (Wildman–Crippen MR) is 64.5 cm³/mol. The van der Waals surface area contributed by atoms with E-state index in [1.807, 2.05) is 24.3 Å². The average molecular weight is 304 g/mol. The van der Waals surface area contributed by atoms with Crippen LogP contribution in [0.5, 0.6) is 0 Å². The highest BCUT2D eigenvalue weighted by molar-refractivity contribution is 14.1. The van der Waals surface area contributed by atoms with Crippen LogP contribution in [0.2, 0.25) is 5.02 Å². The quantitative estimate of drug-likeness (QED) is 0.576. The van der Waals surface area contributed by atoms with E-state index in [-0.39, 0.29) is 0 Å². The van der Waals surface area contributed by atoms with Crippen LogP contribution in [0.15, 0.2) is 30.3 Å². The number of hydrogen-bond donors (Lipinski definition) is 0. The maximum Gasteiger partial charge on any atom is 0.0891 e. The Bertz CT molecular complexity index is 442. The van der Waals surface area contributed by atoms with Gasteiger partial charge in [0.25, 0.3) is 0 Å². The van der Waals surface area contributed by atoms with Crippen LogP contribution in [-0.2, 0) is 4.43 Å². The molecule has 0 amide bonds. The Morgan fingerprint density at radius 1 is 1.23 bits per heavy atom. The molecule has 0 aliphatic carbocycles. The molecule has 0 bridgehead atoms. The summed E-state index contributed by atoms with van der Waals surface area (Å²) < 4.78 is 0.916. The van der Waals surface area contributed by atoms with Crippen LogP contribution in [-0.4, -0.2) is 4.98 Å². The molecule has 0 saturated carbocycles. The van der Waals surface area contributed by atoms with E-state index >= 15 is 0 Å². The summed E-state index contributed by atoms with van der Waals surface area (Å²) in [6, 6.07) is 9.92. The zero-order chi connectivity index (χ0) is 9.26. The number of hydrogen-bond acceptors (Lipinski definition) is 1. The lowest BCUT2D eigenvalue weighted by atomic mass is 10.2. The van der Waals surface area contributed by atoms with Gasteiger partial charge >= 0.3 is 0 Å². The van der Waals surface area contributed by atoms with Gasteiger partial charge in [0.1, 0.15) is 0 Å². The Balaban J connectivity index is 2.74. The molecule has 0 N–H and O–H groups in total. The molecule has 1 heterocycles. The lowest BCUT2D eigenvalue weighted by Crippen LogP contribution is -1.86. The summed E-state index contributed by atoms with van der Waals surface area (Å²) >= 11 is 8.31. The van der Waals surface area contributed by atoms with E-state index in [9.17, 15) is 0 Å². The van der Waals surface area contributed by atoms with E-state index in [4.69, 9.17) is 11.6 Å². The van der Waals surface area contributed by atoms with Gasteiger partial charge in [0, 0.05) is 9.81 Å². The summed E-state index contributed by atoms with van der Waals surface area (Å²) in [4.78, 5) is 4.45. The Kier molecular flexibility index (Phi) is 2.69. The number of pyridine rings is 1. The van der Waals surface area contributed by atoms with Gasteiger partial charge in [0.2, 0.25) is 0 Å². The third-order valence-electron chi connectivity index (χ3n) is 1.87. The van der Waals surface area contributed by atoms with Crippen molar-refractivity contribution in [3.8, 4) is 0 Å².